The third kappa shape index (κ3) is 2.73. The molecule has 0 radical (unpaired) electrons. The Bertz CT molecular complexity index is 1010. The number of benzene rings is 2. The predicted octanol–water partition coefficient (Wildman–Crippen LogP) is 3.60. The number of piperidine rings is 1. The van der Waals surface area contributed by atoms with Crippen LogP contribution in [0, 0.1) is 0 Å². The Morgan fingerprint density at radius 2 is 1.93 bits per heavy atom. The van der Waals surface area contributed by atoms with Crippen LogP contribution in [0.3, 0.4) is 0 Å². The number of para-hydroxylation sites is 1. The van der Waals surface area contributed by atoms with Gasteiger partial charge in [0.05, 0.1) is 16.6 Å². The normalized spacial score (nSPS) is 20.5. The number of imidazole rings is 1. The van der Waals surface area contributed by atoms with E-state index in [1.54, 1.807) is 0 Å². The summed E-state index contributed by atoms with van der Waals surface area (Å²) in [7, 11) is 2.22. The van der Waals surface area contributed by atoms with Crippen molar-refractivity contribution >= 4 is 16.9 Å². The number of carbonyl (C=O) groups excluding carboxylic acids is 1. The lowest BCUT2D eigenvalue weighted by Gasteiger charge is -2.32. The first kappa shape index (κ1) is 16.5. The lowest BCUT2D eigenvalue weighted by atomic mass is 9.95. The Kier molecular flexibility index (Phi) is 3.97. The molecule has 2 aliphatic rings. The van der Waals surface area contributed by atoms with Crippen LogP contribution in [-0.2, 0) is 6.54 Å². The smallest absolute Gasteiger partial charge is 0.253 e. The predicted molar refractivity (Wildman–Crippen MR) is 107 cm³/mol. The van der Waals surface area contributed by atoms with E-state index in [1.165, 1.54) is 31.4 Å². The van der Waals surface area contributed by atoms with Crippen LogP contribution in [-0.4, -0.2) is 40.5 Å². The molecule has 2 aliphatic heterocycles. The zero-order chi connectivity index (χ0) is 18.4. The topological polar surface area (TPSA) is 50.2 Å². The van der Waals surface area contributed by atoms with E-state index in [2.05, 4.69) is 46.1 Å². The number of amides is 1. The van der Waals surface area contributed by atoms with Crippen LogP contribution in [0.4, 0.5) is 0 Å². The van der Waals surface area contributed by atoms with Gasteiger partial charge in [0, 0.05) is 24.7 Å². The minimum absolute atomic E-state index is 0.0125. The average Bonchev–Trinajstić information content (AvgIpc) is 2.98. The van der Waals surface area contributed by atoms with E-state index in [1.807, 2.05) is 18.2 Å². The molecule has 3 aromatic rings. The molecule has 0 saturated carbocycles. The SMILES string of the molecule is CN1CCCCC1c1ccc(-c2nc3cccc4c3n2CCNC4=O)cc1. The average molecular weight is 360 g/mol. The van der Waals surface area contributed by atoms with Gasteiger partial charge in [0.2, 0.25) is 0 Å². The molecule has 1 N–H and O–H groups in total. The Morgan fingerprint density at radius 3 is 2.74 bits per heavy atom. The van der Waals surface area contributed by atoms with Gasteiger partial charge < -0.3 is 9.88 Å². The van der Waals surface area contributed by atoms with Gasteiger partial charge in [-0.25, -0.2) is 4.98 Å². The van der Waals surface area contributed by atoms with E-state index < -0.39 is 0 Å². The molecule has 1 unspecified atom stereocenters. The fourth-order valence-electron chi connectivity index (χ4n) is 4.53. The Morgan fingerprint density at radius 1 is 1.07 bits per heavy atom. The molecular weight excluding hydrogens is 336 g/mol. The van der Waals surface area contributed by atoms with Crippen LogP contribution in [0.15, 0.2) is 42.5 Å². The molecule has 0 spiro atoms. The van der Waals surface area contributed by atoms with Gasteiger partial charge in [-0.2, -0.15) is 0 Å². The summed E-state index contributed by atoms with van der Waals surface area (Å²) in [5, 5.41) is 2.98. The second-order valence-corrected chi connectivity index (χ2v) is 7.63. The third-order valence-electron chi connectivity index (χ3n) is 5.96. The number of hydrogen-bond acceptors (Lipinski definition) is 3. The zero-order valence-corrected chi connectivity index (χ0v) is 15.6. The van der Waals surface area contributed by atoms with Gasteiger partial charge >= 0.3 is 0 Å². The van der Waals surface area contributed by atoms with Gasteiger partial charge in [0.15, 0.2) is 0 Å². The van der Waals surface area contributed by atoms with Gasteiger partial charge in [-0.05, 0) is 44.1 Å². The highest BCUT2D eigenvalue weighted by molar-refractivity contribution is 6.06. The molecule has 0 bridgehead atoms. The fourth-order valence-corrected chi connectivity index (χ4v) is 4.53. The lowest BCUT2D eigenvalue weighted by Crippen LogP contribution is -2.29. The maximum absolute atomic E-state index is 12.3. The highest BCUT2D eigenvalue weighted by Gasteiger charge is 2.23. The van der Waals surface area contributed by atoms with E-state index in [4.69, 9.17) is 4.98 Å². The molecule has 138 valence electrons. The van der Waals surface area contributed by atoms with Crippen LogP contribution >= 0.6 is 0 Å². The maximum atomic E-state index is 12.3. The number of carbonyl (C=O) groups is 1. The highest BCUT2D eigenvalue weighted by Crippen LogP contribution is 2.32. The lowest BCUT2D eigenvalue weighted by molar-refractivity contribution is 0.0956. The van der Waals surface area contributed by atoms with Crippen LogP contribution in [0.5, 0.6) is 0 Å². The number of likely N-dealkylation sites (tertiary alicyclic amines) is 1. The number of nitrogens with one attached hydrogen (secondary N) is 1. The minimum atomic E-state index is -0.0125. The zero-order valence-electron chi connectivity index (χ0n) is 15.6. The van der Waals surface area contributed by atoms with Gasteiger partial charge in [0.25, 0.3) is 5.91 Å². The van der Waals surface area contributed by atoms with Crippen molar-refractivity contribution in [2.45, 2.75) is 31.8 Å². The van der Waals surface area contributed by atoms with Gasteiger partial charge in [-0.15, -0.1) is 0 Å². The summed E-state index contributed by atoms with van der Waals surface area (Å²) in [4.78, 5) is 19.6. The highest BCUT2D eigenvalue weighted by atomic mass is 16.1. The van der Waals surface area contributed by atoms with Gasteiger partial charge in [-0.1, -0.05) is 36.8 Å². The molecule has 1 atom stereocenters. The van der Waals surface area contributed by atoms with Crippen molar-refractivity contribution in [3.8, 4) is 11.4 Å². The standard InChI is InChI=1S/C22H24N4O/c1-25-13-3-2-7-19(25)15-8-10-16(11-9-15)21-24-18-6-4-5-17-20(18)26(21)14-12-23-22(17)27/h4-6,8-11,19H,2-3,7,12-14H2,1H3,(H,23,27). The summed E-state index contributed by atoms with van der Waals surface area (Å²) in [6.45, 7) is 2.53. The van der Waals surface area contributed by atoms with Crippen molar-refractivity contribution in [3.05, 3.63) is 53.6 Å². The second kappa shape index (κ2) is 6.50. The minimum Gasteiger partial charge on any atom is -0.350 e. The maximum Gasteiger partial charge on any atom is 0.253 e. The van der Waals surface area contributed by atoms with E-state index in [-0.39, 0.29) is 5.91 Å². The van der Waals surface area contributed by atoms with Crippen molar-refractivity contribution < 1.29 is 4.79 Å². The Labute approximate surface area is 159 Å². The molecule has 3 heterocycles. The molecule has 2 aromatic carbocycles. The number of hydrogen-bond donors (Lipinski definition) is 1. The summed E-state index contributed by atoms with van der Waals surface area (Å²) < 4.78 is 2.18. The first-order chi connectivity index (χ1) is 13.2. The second-order valence-electron chi connectivity index (χ2n) is 7.63. The van der Waals surface area contributed by atoms with E-state index >= 15 is 0 Å². The summed E-state index contributed by atoms with van der Waals surface area (Å²) in [5.74, 6) is 0.930. The number of aromatic nitrogens is 2. The van der Waals surface area contributed by atoms with Crippen LogP contribution in [0.1, 0.15) is 41.2 Å². The van der Waals surface area contributed by atoms with Crippen molar-refractivity contribution in [1.82, 2.24) is 19.8 Å². The summed E-state index contributed by atoms with van der Waals surface area (Å²) in [6, 6.07) is 15.2. The third-order valence-corrected chi connectivity index (χ3v) is 5.96. The van der Waals surface area contributed by atoms with E-state index in [0.717, 1.165) is 29.0 Å². The molecule has 1 aromatic heterocycles. The molecule has 5 rings (SSSR count). The van der Waals surface area contributed by atoms with Crippen LogP contribution in [0.25, 0.3) is 22.4 Å². The van der Waals surface area contributed by atoms with E-state index in [0.29, 0.717) is 18.2 Å². The Balaban J connectivity index is 1.57. The quantitative estimate of drug-likeness (QED) is 0.760. The first-order valence-corrected chi connectivity index (χ1v) is 9.80. The van der Waals surface area contributed by atoms with Crippen molar-refractivity contribution in [2.75, 3.05) is 20.1 Å². The summed E-state index contributed by atoms with van der Waals surface area (Å²) >= 11 is 0. The Hall–Kier alpha value is -2.66. The molecule has 0 aliphatic carbocycles. The summed E-state index contributed by atoms with van der Waals surface area (Å²) in [6.07, 6.45) is 3.83. The molecule has 1 saturated heterocycles. The fraction of sp³-hybridized carbons (Fsp3) is 0.364. The van der Waals surface area contributed by atoms with Crippen LogP contribution in [0.2, 0.25) is 0 Å². The molecule has 5 nitrogen and oxygen atoms in total. The van der Waals surface area contributed by atoms with Gasteiger partial charge in [0.1, 0.15) is 5.82 Å². The molecule has 1 amide bonds. The number of nitrogens with zero attached hydrogens (tertiary/aromatic N) is 3. The number of rotatable bonds is 2. The summed E-state index contributed by atoms with van der Waals surface area (Å²) in [5.41, 5.74) is 5.03. The van der Waals surface area contributed by atoms with Crippen molar-refractivity contribution in [1.29, 1.82) is 0 Å². The largest absolute Gasteiger partial charge is 0.350 e. The van der Waals surface area contributed by atoms with Crippen LogP contribution < -0.4 is 5.32 Å². The first-order valence-electron chi connectivity index (χ1n) is 9.80. The van der Waals surface area contributed by atoms with E-state index in [9.17, 15) is 4.79 Å². The van der Waals surface area contributed by atoms with Crippen molar-refractivity contribution in [3.63, 3.8) is 0 Å². The molecule has 27 heavy (non-hydrogen) atoms. The molecule has 5 heteroatoms. The monoisotopic (exact) mass is 360 g/mol. The van der Waals surface area contributed by atoms with Crippen molar-refractivity contribution in [2.24, 2.45) is 0 Å². The van der Waals surface area contributed by atoms with Gasteiger partial charge in [-0.3, -0.25) is 9.69 Å². The molecule has 1 fully saturated rings. The molecular formula is C22H24N4O.